The second kappa shape index (κ2) is 9.82. The summed E-state index contributed by atoms with van der Waals surface area (Å²) in [4.78, 5) is 36.7. The first-order valence-corrected chi connectivity index (χ1v) is 13.6. The molecule has 0 radical (unpaired) electrons. The van der Waals surface area contributed by atoms with Gasteiger partial charge in [-0.1, -0.05) is 74.2 Å². The van der Waals surface area contributed by atoms with E-state index in [1.807, 2.05) is 56.3 Å². The minimum absolute atomic E-state index is 0.175. The lowest BCUT2D eigenvalue weighted by molar-refractivity contribution is -0.123. The number of pyridine rings is 1. The van der Waals surface area contributed by atoms with Crippen molar-refractivity contribution in [2.75, 3.05) is 18.0 Å². The monoisotopic (exact) mass is 518 g/mol. The number of hydrogen-bond donors (Lipinski definition) is 0. The van der Waals surface area contributed by atoms with Crippen LogP contribution in [0.3, 0.4) is 0 Å². The number of anilines is 1. The minimum atomic E-state index is -0.202. The molecule has 1 aromatic carbocycles. The number of piperidine rings is 1. The Bertz CT molecular complexity index is 1420. The van der Waals surface area contributed by atoms with Crippen LogP contribution in [0, 0.1) is 18.8 Å². The van der Waals surface area contributed by atoms with Crippen LogP contribution in [0.4, 0.5) is 5.82 Å². The van der Waals surface area contributed by atoms with E-state index in [1.54, 1.807) is 21.6 Å². The molecule has 1 amide bonds. The van der Waals surface area contributed by atoms with E-state index >= 15 is 0 Å². The maximum absolute atomic E-state index is 13.8. The fourth-order valence-corrected chi connectivity index (χ4v) is 6.73. The third-order valence-corrected chi connectivity index (χ3v) is 8.33. The predicted octanol–water partition coefficient (Wildman–Crippen LogP) is 5.45. The van der Waals surface area contributed by atoms with Crippen molar-refractivity contribution in [3.05, 3.63) is 80.6 Å². The Balaban J connectivity index is 1.62. The standard InChI is InChI=1S/C28H30N4O2S2/c1-17-13-18(2)16-30(15-17)25-22(26(33)31-12-8-9-19(3)24(31)29-25)14-23-27(34)32(28(35)36-23)20(4)21-10-6-5-7-11-21/h5-12,14,17-18,20H,13,15-16H2,1-4H3/b23-14+/t17-,18-,20+/m0/s1. The zero-order valence-corrected chi connectivity index (χ0v) is 22.6. The molecule has 2 aliphatic heterocycles. The summed E-state index contributed by atoms with van der Waals surface area (Å²) in [6.07, 6.45) is 4.59. The highest BCUT2D eigenvalue weighted by atomic mass is 32.2. The van der Waals surface area contributed by atoms with Crippen molar-refractivity contribution >= 4 is 51.7 Å². The molecule has 4 heterocycles. The van der Waals surface area contributed by atoms with Gasteiger partial charge in [0.05, 0.1) is 16.5 Å². The van der Waals surface area contributed by atoms with E-state index in [2.05, 4.69) is 18.7 Å². The lowest BCUT2D eigenvalue weighted by Crippen LogP contribution is -2.40. The summed E-state index contributed by atoms with van der Waals surface area (Å²) in [6, 6.07) is 13.4. The van der Waals surface area contributed by atoms with Gasteiger partial charge in [0.25, 0.3) is 11.5 Å². The molecule has 0 saturated carbocycles. The highest BCUT2D eigenvalue weighted by Crippen LogP contribution is 2.39. The van der Waals surface area contributed by atoms with Gasteiger partial charge in [0.1, 0.15) is 15.8 Å². The van der Waals surface area contributed by atoms with Gasteiger partial charge >= 0.3 is 0 Å². The number of fused-ring (bicyclic) bond motifs is 1. The lowest BCUT2D eigenvalue weighted by Gasteiger charge is -2.36. The SMILES string of the molecule is Cc1cccn2c(=O)c(/C=C3/SC(=S)N([C@H](C)c4ccccc4)C3=O)c(N3C[C@@H](C)C[C@H](C)C3)nc12. The van der Waals surface area contributed by atoms with Gasteiger partial charge in [0.15, 0.2) is 0 Å². The number of carbonyl (C=O) groups is 1. The molecule has 0 spiro atoms. The second-order valence-corrected chi connectivity index (χ2v) is 11.7. The molecule has 6 nitrogen and oxygen atoms in total. The molecular formula is C28H30N4O2S2. The molecule has 2 aromatic heterocycles. The summed E-state index contributed by atoms with van der Waals surface area (Å²) in [5.74, 6) is 1.45. The van der Waals surface area contributed by atoms with Crippen LogP contribution in [0.5, 0.6) is 0 Å². The molecule has 3 aromatic rings. The van der Waals surface area contributed by atoms with Crippen molar-refractivity contribution < 1.29 is 4.79 Å². The Hall–Kier alpha value is -2.97. The maximum Gasteiger partial charge on any atom is 0.267 e. The molecule has 3 atom stereocenters. The summed E-state index contributed by atoms with van der Waals surface area (Å²) in [5, 5.41) is 0. The minimum Gasteiger partial charge on any atom is -0.355 e. The highest BCUT2D eigenvalue weighted by Gasteiger charge is 2.37. The van der Waals surface area contributed by atoms with Crippen LogP contribution in [0.25, 0.3) is 11.7 Å². The van der Waals surface area contributed by atoms with Gasteiger partial charge in [0.2, 0.25) is 0 Å². The fraction of sp³-hybridized carbons (Fsp3) is 0.357. The Morgan fingerprint density at radius 3 is 2.47 bits per heavy atom. The van der Waals surface area contributed by atoms with Crippen molar-refractivity contribution in [1.82, 2.24) is 14.3 Å². The molecular weight excluding hydrogens is 488 g/mol. The smallest absolute Gasteiger partial charge is 0.267 e. The van der Waals surface area contributed by atoms with E-state index in [0.717, 1.165) is 30.6 Å². The van der Waals surface area contributed by atoms with Crippen LogP contribution in [-0.2, 0) is 4.79 Å². The molecule has 8 heteroatoms. The van der Waals surface area contributed by atoms with E-state index < -0.39 is 0 Å². The quantitative estimate of drug-likeness (QED) is 0.338. The largest absolute Gasteiger partial charge is 0.355 e. The number of benzene rings is 1. The summed E-state index contributed by atoms with van der Waals surface area (Å²) in [5.41, 5.74) is 2.85. The third-order valence-electron chi connectivity index (χ3n) is 7.00. The van der Waals surface area contributed by atoms with Gasteiger partial charge in [-0.2, -0.15) is 0 Å². The molecule has 2 fully saturated rings. The van der Waals surface area contributed by atoms with E-state index in [1.165, 1.54) is 11.8 Å². The second-order valence-electron chi connectivity index (χ2n) is 10.0. The Kier molecular flexibility index (Phi) is 6.74. The number of aromatic nitrogens is 2. The Labute approximate surface area is 221 Å². The average molecular weight is 519 g/mol. The first-order chi connectivity index (χ1) is 17.2. The number of carbonyl (C=O) groups excluding carboxylic acids is 1. The molecule has 2 aliphatic rings. The van der Waals surface area contributed by atoms with Crippen LogP contribution in [0.2, 0.25) is 0 Å². The molecule has 0 aliphatic carbocycles. The van der Waals surface area contributed by atoms with E-state index in [0.29, 0.717) is 38.1 Å². The zero-order valence-electron chi connectivity index (χ0n) is 21.0. The predicted molar refractivity (Wildman–Crippen MR) is 151 cm³/mol. The number of aryl methyl sites for hydroxylation is 1. The van der Waals surface area contributed by atoms with Crippen molar-refractivity contribution in [1.29, 1.82) is 0 Å². The first kappa shape index (κ1) is 24.7. The van der Waals surface area contributed by atoms with E-state index in [9.17, 15) is 9.59 Å². The average Bonchev–Trinajstić information content (AvgIpc) is 3.13. The molecule has 36 heavy (non-hydrogen) atoms. The fourth-order valence-electron chi connectivity index (χ4n) is 5.33. The number of amides is 1. The summed E-state index contributed by atoms with van der Waals surface area (Å²) in [7, 11) is 0. The normalized spacial score (nSPS) is 22.6. The van der Waals surface area contributed by atoms with Crippen molar-refractivity contribution in [2.24, 2.45) is 11.8 Å². The van der Waals surface area contributed by atoms with Crippen molar-refractivity contribution in [3.63, 3.8) is 0 Å². The van der Waals surface area contributed by atoms with Crippen molar-refractivity contribution in [2.45, 2.75) is 40.2 Å². The van der Waals surface area contributed by atoms with Gasteiger partial charge in [-0.05, 0) is 55.4 Å². The number of nitrogens with zero attached hydrogens (tertiary/aromatic N) is 4. The summed E-state index contributed by atoms with van der Waals surface area (Å²) < 4.78 is 2.07. The van der Waals surface area contributed by atoms with E-state index in [4.69, 9.17) is 17.2 Å². The van der Waals surface area contributed by atoms with Crippen LogP contribution in [-0.4, -0.2) is 37.6 Å². The topological polar surface area (TPSA) is 57.9 Å². The first-order valence-electron chi connectivity index (χ1n) is 12.3. The van der Waals surface area contributed by atoms with Crippen LogP contribution in [0.1, 0.15) is 49.9 Å². The summed E-state index contributed by atoms with van der Waals surface area (Å²) >= 11 is 6.87. The number of thiocarbonyl (C=S) groups is 1. The molecule has 186 valence electrons. The lowest BCUT2D eigenvalue weighted by atomic mass is 9.91. The molecule has 0 N–H and O–H groups in total. The molecule has 5 rings (SSSR count). The van der Waals surface area contributed by atoms with E-state index in [-0.39, 0.29) is 17.5 Å². The zero-order chi connectivity index (χ0) is 25.6. The van der Waals surface area contributed by atoms with Crippen LogP contribution in [0.15, 0.2) is 58.4 Å². The summed E-state index contributed by atoms with van der Waals surface area (Å²) in [6.45, 7) is 10.1. The number of thioether (sulfide) groups is 1. The van der Waals surface area contributed by atoms with Gasteiger partial charge in [-0.3, -0.25) is 18.9 Å². The van der Waals surface area contributed by atoms with Crippen LogP contribution >= 0.6 is 24.0 Å². The van der Waals surface area contributed by atoms with Crippen LogP contribution < -0.4 is 10.5 Å². The van der Waals surface area contributed by atoms with Gasteiger partial charge in [0, 0.05) is 19.3 Å². The molecule has 0 bridgehead atoms. The molecule has 0 unspecified atom stereocenters. The molecule has 2 saturated heterocycles. The maximum atomic E-state index is 13.8. The van der Waals surface area contributed by atoms with Gasteiger partial charge in [-0.25, -0.2) is 4.98 Å². The Morgan fingerprint density at radius 2 is 1.78 bits per heavy atom. The third kappa shape index (κ3) is 4.48. The highest BCUT2D eigenvalue weighted by molar-refractivity contribution is 8.26. The Morgan fingerprint density at radius 1 is 1.08 bits per heavy atom. The van der Waals surface area contributed by atoms with Gasteiger partial charge < -0.3 is 4.90 Å². The van der Waals surface area contributed by atoms with Gasteiger partial charge in [-0.15, -0.1) is 0 Å². The van der Waals surface area contributed by atoms with Crippen molar-refractivity contribution in [3.8, 4) is 0 Å². The number of hydrogen-bond acceptors (Lipinski definition) is 6. The number of rotatable bonds is 4.